The lowest BCUT2D eigenvalue weighted by Crippen LogP contribution is -2.33. The minimum atomic E-state index is -1.18. The molecule has 0 aromatic carbocycles. The van der Waals surface area contributed by atoms with Crippen molar-refractivity contribution in [3.05, 3.63) is 17.0 Å². The molecule has 0 saturated carbocycles. The fraction of sp³-hybridized carbons (Fsp3) is 0.455. The number of aliphatic hydroxyl groups excluding tert-OH is 3. The molecular formula is C11H14N4O4S. The maximum Gasteiger partial charge on any atom is 0.164 e. The zero-order valence-electron chi connectivity index (χ0n) is 10.3. The number of aliphatic hydroxyl groups is 3. The Kier molecular flexibility index (Phi) is 3.22. The summed E-state index contributed by atoms with van der Waals surface area (Å²) in [7, 11) is 0. The van der Waals surface area contributed by atoms with Crippen molar-refractivity contribution in [2.75, 3.05) is 12.3 Å². The van der Waals surface area contributed by atoms with Crippen LogP contribution in [0.15, 0.2) is 12.4 Å². The van der Waals surface area contributed by atoms with Crippen molar-refractivity contribution in [3.8, 4) is 0 Å². The van der Waals surface area contributed by atoms with E-state index in [2.05, 4.69) is 9.97 Å². The van der Waals surface area contributed by atoms with Gasteiger partial charge in [0.1, 0.15) is 34.3 Å². The highest BCUT2D eigenvalue weighted by Gasteiger charge is 2.43. The average Bonchev–Trinajstić information content (AvgIpc) is 2.93. The smallest absolute Gasteiger partial charge is 0.164 e. The Morgan fingerprint density at radius 3 is 2.85 bits per heavy atom. The monoisotopic (exact) mass is 298 g/mol. The number of ether oxygens (including phenoxy) is 1. The number of hydrogen-bond acceptors (Lipinski definition) is 7. The molecule has 0 radical (unpaired) electrons. The van der Waals surface area contributed by atoms with Gasteiger partial charge >= 0.3 is 0 Å². The van der Waals surface area contributed by atoms with Crippen molar-refractivity contribution in [3.63, 3.8) is 0 Å². The Bertz CT molecular complexity index is 699. The van der Waals surface area contributed by atoms with E-state index in [-0.39, 0.29) is 6.61 Å². The fourth-order valence-electron chi connectivity index (χ4n) is 2.37. The summed E-state index contributed by atoms with van der Waals surface area (Å²) in [5.41, 5.74) is 6.82. The summed E-state index contributed by atoms with van der Waals surface area (Å²) < 4.78 is 7.38. The van der Waals surface area contributed by atoms with Gasteiger partial charge in [-0.1, -0.05) is 12.2 Å². The minimum absolute atomic E-state index is 0.357. The van der Waals surface area contributed by atoms with Gasteiger partial charge in [0.05, 0.1) is 18.5 Å². The van der Waals surface area contributed by atoms with Gasteiger partial charge < -0.3 is 35.3 Å². The Morgan fingerprint density at radius 2 is 2.20 bits per heavy atom. The molecule has 3 rings (SSSR count). The molecule has 0 aliphatic carbocycles. The van der Waals surface area contributed by atoms with Crippen molar-refractivity contribution >= 4 is 29.1 Å². The molecule has 1 saturated heterocycles. The molecule has 108 valence electrons. The van der Waals surface area contributed by atoms with Crippen molar-refractivity contribution in [1.29, 1.82) is 0 Å². The molecule has 3 heterocycles. The number of pyridine rings is 1. The highest BCUT2D eigenvalue weighted by Crippen LogP contribution is 2.32. The van der Waals surface area contributed by atoms with Crippen molar-refractivity contribution < 1.29 is 20.1 Å². The van der Waals surface area contributed by atoms with Crippen LogP contribution in [0.3, 0.4) is 0 Å². The zero-order valence-corrected chi connectivity index (χ0v) is 11.1. The second-order valence-corrected chi connectivity index (χ2v) is 5.08. The number of fused-ring (bicyclic) bond motifs is 1. The third-order valence-corrected chi connectivity index (χ3v) is 3.68. The molecule has 20 heavy (non-hydrogen) atoms. The van der Waals surface area contributed by atoms with Crippen molar-refractivity contribution in [1.82, 2.24) is 14.5 Å². The molecule has 1 aliphatic heterocycles. The summed E-state index contributed by atoms with van der Waals surface area (Å²) in [6.07, 6.45) is -2.60. The van der Waals surface area contributed by atoms with E-state index in [9.17, 15) is 10.2 Å². The summed E-state index contributed by atoms with van der Waals surface area (Å²) in [4.78, 5) is 6.93. The molecule has 2 aromatic heterocycles. The third kappa shape index (κ3) is 1.91. The van der Waals surface area contributed by atoms with Crippen LogP contribution >= 0.6 is 12.2 Å². The molecule has 2 aromatic rings. The second kappa shape index (κ2) is 4.79. The second-order valence-electron chi connectivity index (χ2n) is 4.67. The van der Waals surface area contributed by atoms with E-state index < -0.39 is 24.5 Å². The van der Waals surface area contributed by atoms with E-state index in [0.29, 0.717) is 21.5 Å². The highest BCUT2D eigenvalue weighted by atomic mass is 32.1. The van der Waals surface area contributed by atoms with E-state index in [1.54, 1.807) is 10.6 Å². The molecular weight excluding hydrogens is 284 g/mol. The molecule has 6 N–H and O–H groups in total. The van der Waals surface area contributed by atoms with E-state index in [1.807, 2.05) is 0 Å². The van der Waals surface area contributed by atoms with Gasteiger partial charge in [0.2, 0.25) is 0 Å². The van der Waals surface area contributed by atoms with Gasteiger partial charge in [-0.25, -0.2) is 4.98 Å². The summed E-state index contributed by atoms with van der Waals surface area (Å²) in [5.74, 6) is 0.357. The average molecular weight is 298 g/mol. The molecule has 0 unspecified atom stereocenters. The first-order chi connectivity index (χ1) is 9.52. The number of anilines is 1. The number of aromatic amines is 1. The predicted molar refractivity (Wildman–Crippen MR) is 72.3 cm³/mol. The molecule has 0 bridgehead atoms. The predicted octanol–water partition coefficient (Wildman–Crippen LogP) is -0.712. The largest absolute Gasteiger partial charge is 0.394 e. The number of nitrogens with two attached hydrogens (primary N) is 1. The van der Waals surface area contributed by atoms with Crippen LogP contribution in [0.5, 0.6) is 0 Å². The van der Waals surface area contributed by atoms with Crippen LogP contribution in [-0.2, 0) is 4.74 Å². The van der Waals surface area contributed by atoms with Gasteiger partial charge in [-0.2, -0.15) is 0 Å². The summed E-state index contributed by atoms with van der Waals surface area (Å²) >= 11 is 5.12. The highest BCUT2D eigenvalue weighted by molar-refractivity contribution is 7.71. The van der Waals surface area contributed by atoms with Gasteiger partial charge in [-0.3, -0.25) is 0 Å². The molecule has 0 amide bonds. The maximum atomic E-state index is 10.0. The summed E-state index contributed by atoms with van der Waals surface area (Å²) in [5, 5.41) is 28.9. The zero-order chi connectivity index (χ0) is 14.4. The molecule has 1 fully saturated rings. The standard InChI is InChI=1S/C11H14N4O4S/c12-6-1-4-7(10(20)14-6)13-3-15(4)11-9(18)8(17)5(2-16)19-11/h1,3,5,8-9,11,16-18H,2H2,(H3,12,14,20)/t5-,8-,9-,11-/m1/s1. The quantitative estimate of drug-likeness (QED) is 0.463. The van der Waals surface area contributed by atoms with Crippen LogP contribution in [0.25, 0.3) is 11.0 Å². The Labute approximate surface area is 118 Å². The van der Waals surface area contributed by atoms with Crippen LogP contribution in [0.4, 0.5) is 5.82 Å². The number of aromatic nitrogens is 3. The maximum absolute atomic E-state index is 10.0. The van der Waals surface area contributed by atoms with Crippen molar-refractivity contribution in [2.45, 2.75) is 24.5 Å². The van der Waals surface area contributed by atoms with Crippen LogP contribution in [0.2, 0.25) is 0 Å². The number of hydrogen-bond donors (Lipinski definition) is 5. The Balaban J connectivity index is 2.09. The lowest BCUT2D eigenvalue weighted by Gasteiger charge is -2.17. The molecule has 0 spiro atoms. The Hall–Kier alpha value is -1.52. The summed E-state index contributed by atoms with van der Waals surface area (Å²) in [6, 6.07) is 1.62. The SMILES string of the molecule is Nc1cc2c(ncn2[C@@H]2O[C@H](CO)[C@@H](O)[C@H]2O)c(=S)[nH]1. The van der Waals surface area contributed by atoms with Gasteiger partial charge in [-0.15, -0.1) is 0 Å². The number of imidazole rings is 1. The fourth-order valence-corrected chi connectivity index (χ4v) is 2.65. The molecule has 1 aliphatic rings. The van der Waals surface area contributed by atoms with Crippen LogP contribution in [-0.4, -0.2) is 54.8 Å². The van der Waals surface area contributed by atoms with Gasteiger partial charge in [0, 0.05) is 6.07 Å². The van der Waals surface area contributed by atoms with Crippen LogP contribution < -0.4 is 5.73 Å². The first kappa shape index (κ1) is 13.5. The molecule has 9 heteroatoms. The number of rotatable bonds is 2. The minimum Gasteiger partial charge on any atom is -0.394 e. The normalized spacial score (nSPS) is 30.1. The first-order valence-electron chi connectivity index (χ1n) is 6.00. The van der Waals surface area contributed by atoms with Crippen molar-refractivity contribution in [2.24, 2.45) is 0 Å². The van der Waals surface area contributed by atoms with Gasteiger partial charge in [0.25, 0.3) is 0 Å². The van der Waals surface area contributed by atoms with E-state index >= 15 is 0 Å². The lowest BCUT2D eigenvalue weighted by molar-refractivity contribution is -0.0508. The lowest BCUT2D eigenvalue weighted by atomic mass is 10.1. The van der Waals surface area contributed by atoms with E-state index in [0.717, 1.165) is 0 Å². The van der Waals surface area contributed by atoms with Crippen LogP contribution in [0, 0.1) is 4.64 Å². The van der Waals surface area contributed by atoms with Gasteiger partial charge in [-0.05, 0) is 0 Å². The molecule has 8 nitrogen and oxygen atoms in total. The topological polar surface area (TPSA) is 130 Å². The van der Waals surface area contributed by atoms with E-state index in [4.69, 9.17) is 27.8 Å². The van der Waals surface area contributed by atoms with E-state index in [1.165, 1.54) is 6.33 Å². The number of H-pyrrole nitrogens is 1. The first-order valence-corrected chi connectivity index (χ1v) is 6.41. The van der Waals surface area contributed by atoms with Crippen LogP contribution in [0.1, 0.15) is 6.23 Å². The third-order valence-electron chi connectivity index (χ3n) is 3.39. The number of nitrogen functional groups attached to an aromatic ring is 1. The molecule has 4 atom stereocenters. The number of nitrogens with zero attached hydrogens (tertiary/aromatic N) is 2. The number of nitrogens with one attached hydrogen (secondary N) is 1. The summed E-state index contributed by atoms with van der Waals surface area (Å²) in [6.45, 7) is -0.385. The Morgan fingerprint density at radius 1 is 1.45 bits per heavy atom. The van der Waals surface area contributed by atoms with Gasteiger partial charge in [0.15, 0.2) is 6.23 Å².